The number of hydrogen-bond donors (Lipinski definition) is 1. The van der Waals surface area contributed by atoms with Gasteiger partial charge in [-0.2, -0.15) is 0 Å². The Hall–Kier alpha value is -1.36. The zero-order valence-electron chi connectivity index (χ0n) is 17.1. The molecule has 7 heteroatoms. The van der Waals surface area contributed by atoms with Crippen molar-refractivity contribution < 1.29 is 23.7 Å². The highest BCUT2D eigenvalue weighted by atomic mass is 31.2. The van der Waals surface area contributed by atoms with Crippen LogP contribution < -0.4 is 4.52 Å². The molecule has 1 aliphatic rings. The van der Waals surface area contributed by atoms with Gasteiger partial charge in [-0.3, -0.25) is 9.36 Å². The zero-order valence-corrected chi connectivity index (χ0v) is 18.0. The number of carbonyl (C=O) groups is 1. The molecule has 1 N–H and O–H groups in total. The molecule has 1 aromatic carbocycles. The minimum absolute atomic E-state index is 0.187. The standard InChI is InChI=1S/C21H34NO5P/c1-3-4-5-6-7-10-16-28(25,22-15-11-13-19(22)21(24)26-2)27-20-14-9-8-12-18(20)17-23/h8-9,12,14,19,23H,3-7,10-11,13,15-17H2,1-2H3/t19-,28+/m0/s1. The van der Waals surface area contributed by atoms with Gasteiger partial charge in [0.2, 0.25) is 0 Å². The average molecular weight is 411 g/mol. The van der Waals surface area contributed by atoms with Crippen LogP contribution in [0.2, 0.25) is 0 Å². The van der Waals surface area contributed by atoms with E-state index in [1.165, 1.54) is 26.4 Å². The van der Waals surface area contributed by atoms with Gasteiger partial charge in [-0.15, -0.1) is 0 Å². The van der Waals surface area contributed by atoms with Crippen molar-refractivity contribution in [2.75, 3.05) is 19.8 Å². The maximum Gasteiger partial charge on any atom is 0.323 e. The molecule has 6 nitrogen and oxygen atoms in total. The number of hydrogen-bond acceptors (Lipinski definition) is 5. The number of rotatable bonds is 12. The molecular weight excluding hydrogens is 377 g/mol. The Kier molecular flexibility index (Phi) is 9.49. The highest BCUT2D eigenvalue weighted by Crippen LogP contribution is 2.55. The topological polar surface area (TPSA) is 76.1 Å². The van der Waals surface area contributed by atoms with Gasteiger partial charge in [0.1, 0.15) is 11.8 Å². The van der Waals surface area contributed by atoms with Gasteiger partial charge in [-0.05, 0) is 25.3 Å². The summed E-state index contributed by atoms with van der Waals surface area (Å²) in [4.78, 5) is 12.2. The average Bonchev–Trinajstić information content (AvgIpc) is 3.21. The van der Waals surface area contributed by atoms with E-state index in [0.29, 0.717) is 30.4 Å². The van der Waals surface area contributed by atoms with E-state index < -0.39 is 13.6 Å². The number of carbonyl (C=O) groups excluding carboxylic acids is 1. The Morgan fingerprint density at radius 1 is 1.21 bits per heavy atom. The normalized spacial score (nSPS) is 19.3. The summed E-state index contributed by atoms with van der Waals surface area (Å²) in [5.41, 5.74) is 0.597. The van der Waals surface area contributed by atoms with E-state index in [-0.39, 0.29) is 12.6 Å². The number of methoxy groups -OCH3 is 1. The highest BCUT2D eigenvalue weighted by Gasteiger charge is 2.44. The van der Waals surface area contributed by atoms with Crippen LogP contribution in [-0.4, -0.2) is 41.6 Å². The summed E-state index contributed by atoms with van der Waals surface area (Å²) in [7, 11) is -1.93. The largest absolute Gasteiger partial charge is 0.468 e. The molecule has 1 saturated heterocycles. The van der Waals surface area contributed by atoms with Crippen LogP contribution in [-0.2, 0) is 20.7 Å². The Balaban J connectivity index is 2.17. The summed E-state index contributed by atoms with van der Waals surface area (Å²) in [5.74, 6) is 0.0644. The van der Waals surface area contributed by atoms with Crippen LogP contribution in [0.25, 0.3) is 0 Å². The van der Waals surface area contributed by atoms with Crippen molar-refractivity contribution in [3.63, 3.8) is 0 Å². The second kappa shape index (κ2) is 11.6. The molecule has 0 amide bonds. The van der Waals surface area contributed by atoms with Crippen LogP contribution in [0.1, 0.15) is 63.9 Å². The number of ether oxygens (including phenoxy) is 1. The molecule has 0 radical (unpaired) electrons. The smallest absolute Gasteiger partial charge is 0.323 e. The Labute approximate surface area is 168 Å². The van der Waals surface area contributed by atoms with Crippen molar-refractivity contribution in [1.29, 1.82) is 0 Å². The fourth-order valence-electron chi connectivity index (χ4n) is 3.69. The number of nitrogens with zero attached hydrogens (tertiary/aromatic N) is 1. The van der Waals surface area contributed by atoms with Crippen molar-refractivity contribution in [2.45, 2.75) is 70.9 Å². The third-order valence-electron chi connectivity index (χ3n) is 5.27. The molecule has 1 heterocycles. The molecular formula is C21H34NO5P. The first kappa shape index (κ1) is 22.9. The van der Waals surface area contributed by atoms with E-state index in [9.17, 15) is 14.5 Å². The van der Waals surface area contributed by atoms with Gasteiger partial charge in [-0.1, -0.05) is 57.2 Å². The Morgan fingerprint density at radius 2 is 1.93 bits per heavy atom. The number of aliphatic hydroxyl groups excluding tert-OH is 1. The third kappa shape index (κ3) is 6.07. The Morgan fingerprint density at radius 3 is 2.64 bits per heavy atom. The first-order chi connectivity index (χ1) is 13.6. The molecule has 1 aromatic rings. The van der Waals surface area contributed by atoms with Crippen LogP contribution in [0.3, 0.4) is 0 Å². The SMILES string of the molecule is CCCCCCCC[P@@](=O)(Oc1ccccc1CO)N1CCC[C@H]1C(=O)OC. The van der Waals surface area contributed by atoms with Crippen LogP contribution in [0.15, 0.2) is 24.3 Å². The van der Waals surface area contributed by atoms with Gasteiger partial charge >= 0.3 is 13.5 Å². The van der Waals surface area contributed by atoms with E-state index in [4.69, 9.17) is 9.26 Å². The lowest BCUT2D eigenvalue weighted by Gasteiger charge is -2.32. The first-order valence-corrected chi connectivity index (χ1v) is 12.1. The monoisotopic (exact) mass is 411 g/mol. The lowest BCUT2D eigenvalue weighted by Crippen LogP contribution is -2.36. The maximum atomic E-state index is 14.0. The molecule has 0 unspecified atom stereocenters. The van der Waals surface area contributed by atoms with E-state index in [1.54, 1.807) is 22.9 Å². The lowest BCUT2D eigenvalue weighted by molar-refractivity contribution is -0.144. The molecule has 0 aliphatic carbocycles. The first-order valence-electron chi connectivity index (χ1n) is 10.4. The van der Waals surface area contributed by atoms with Gasteiger partial charge in [0.25, 0.3) is 0 Å². The number of benzene rings is 1. The van der Waals surface area contributed by atoms with Gasteiger partial charge < -0.3 is 14.4 Å². The van der Waals surface area contributed by atoms with Gasteiger partial charge in [0.15, 0.2) is 0 Å². The minimum Gasteiger partial charge on any atom is -0.468 e. The van der Waals surface area contributed by atoms with Crippen LogP contribution in [0.4, 0.5) is 0 Å². The van der Waals surface area contributed by atoms with E-state index in [1.807, 2.05) is 6.07 Å². The second-order valence-corrected chi connectivity index (χ2v) is 9.75. The van der Waals surface area contributed by atoms with Crippen molar-refractivity contribution in [2.24, 2.45) is 0 Å². The highest BCUT2D eigenvalue weighted by molar-refractivity contribution is 7.57. The molecule has 0 aromatic heterocycles. The summed E-state index contributed by atoms with van der Waals surface area (Å²) in [6, 6.07) is 6.56. The number of aliphatic hydroxyl groups is 1. The van der Waals surface area contributed by atoms with Crippen molar-refractivity contribution in [3.05, 3.63) is 29.8 Å². The summed E-state index contributed by atoms with van der Waals surface area (Å²) in [5, 5.41) is 9.60. The Bertz CT molecular complexity index is 666. The van der Waals surface area contributed by atoms with Crippen molar-refractivity contribution in [3.8, 4) is 5.75 Å². The number of para-hydroxylation sites is 1. The predicted molar refractivity (Wildman–Crippen MR) is 111 cm³/mol. The summed E-state index contributed by atoms with van der Waals surface area (Å²) < 4.78 is 26.7. The van der Waals surface area contributed by atoms with Crippen molar-refractivity contribution in [1.82, 2.24) is 4.67 Å². The number of esters is 1. The van der Waals surface area contributed by atoms with Crippen LogP contribution >= 0.6 is 7.52 Å². The predicted octanol–water partition coefficient (Wildman–Crippen LogP) is 4.75. The third-order valence-corrected chi connectivity index (χ3v) is 7.89. The van der Waals surface area contributed by atoms with Crippen molar-refractivity contribution >= 4 is 13.5 Å². The molecule has 0 saturated carbocycles. The van der Waals surface area contributed by atoms with Crippen LogP contribution in [0, 0.1) is 0 Å². The molecule has 2 atom stereocenters. The molecule has 0 spiro atoms. The molecule has 0 bridgehead atoms. The fourth-order valence-corrected chi connectivity index (χ4v) is 6.33. The van der Waals surface area contributed by atoms with E-state index in [0.717, 1.165) is 25.7 Å². The molecule has 1 aliphatic heterocycles. The van der Waals surface area contributed by atoms with Crippen LogP contribution in [0.5, 0.6) is 5.75 Å². The quantitative estimate of drug-likeness (QED) is 0.304. The number of unbranched alkanes of at least 4 members (excludes halogenated alkanes) is 5. The van der Waals surface area contributed by atoms with Gasteiger partial charge in [-0.25, -0.2) is 4.67 Å². The molecule has 2 rings (SSSR count). The van der Waals surface area contributed by atoms with Gasteiger partial charge in [0, 0.05) is 18.3 Å². The molecule has 158 valence electrons. The van der Waals surface area contributed by atoms with Gasteiger partial charge in [0.05, 0.1) is 13.7 Å². The summed E-state index contributed by atoms with van der Waals surface area (Å²) >= 11 is 0. The zero-order chi connectivity index (χ0) is 20.4. The summed E-state index contributed by atoms with van der Waals surface area (Å²) in [6.45, 7) is 2.54. The molecule has 1 fully saturated rings. The minimum atomic E-state index is -3.29. The summed E-state index contributed by atoms with van der Waals surface area (Å²) in [6.07, 6.45) is 8.28. The molecule has 28 heavy (non-hydrogen) atoms. The maximum absolute atomic E-state index is 14.0. The van der Waals surface area contributed by atoms with E-state index >= 15 is 0 Å². The fraction of sp³-hybridized carbons (Fsp3) is 0.667. The second-order valence-electron chi connectivity index (χ2n) is 7.33. The lowest BCUT2D eigenvalue weighted by atomic mass is 10.1. The van der Waals surface area contributed by atoms with E-state index in [2.05, 4.69) is 6.92 Å².